The quantitative estimate of drug-likeness (QED) is 0.677. The Kier molecular flexibility index (Phi) is 2.62. The highest BCUT2D eigenvalue weighted by atomic mass is 19.1. The van der Waals surface area contributed by atoms with Crippen LogP contribution in [0.3, 0.4) is 0 Å². The van der Waals surface area contributed by atoms with Crippen LogP contribution in [0.5, 0.6) is 0 Å². The average molecular weight is 220 g/mol. The zero-order chi connectivity index (χ0) is 11.6. The predicted octanol–water partition coefficient (Wildman–Crippen LogP) is 0.455. The van der Waals surface area contributed by atoms with Crippen molar-refractivity contribution in [3.05, 3.63) is 47.5 Å². The molecular formula is C11H13FN4. The van der Waals surface area contributed by atoms with E-state index in [0.717, 1.165) is 5.56 Å². The number of hydrogen-bond donors (Lipinski definition) is 3. The molecule has 5 N–H and O–H groups in total. The molecular weight excluding hydrogens is 207 g/mol. The minimum Gasteiger partial charge on any atom is -0.398 e. The zero-order valence-electron chi connectivity index (χ0n) is 8.65. The number of nitrogens with one attached hydrogen (secondary N) is 1. The van der Waals surface area contributed by atoms with E-state index in [0.29, 0.717) is 12.1 Å². The summed E-state index contributed by atoms with van der Waals surface area (Å²) in [7, 11) is 0. The number of aliphatic imine (C=N–C) groups is 1. The molecule has 84 valence electrons. The van der Waals surface area contributed by atoms with E-state index in [9.17, 15) is 4.39 Å². The Morgan fingerprint density at radius 2 is 2.00 bits per heavy atom. The van der Waals surface area contributed by atoms with Crippen molar-refractivity contribution in [2.24, 2.45) is 16.5 Å². The van der Waals surface area contributed by atoms with Gasteiger partial charge in [0.2, 0.25) is 0 Å². The van der Waals surface area contributed by atoms with Crippen LogP contribution in [0.25, 0.3) is 0 Å². The van der Waals surface area contributed by atoms with Crippen molar-refractivity contribution in [2.45, 2.75) is 12.1 Å². The van der Waals surface area contributed by atoms with Crippen LogP contribution in [-0.2, 0) is 6.42 Å². The van der Waals surface area contributed by atoms with Gasteiger partial charge in [-0.2, -0.15) is 0 Å². The van der Waals surface area contributed by atoms with Crippen LogP contribution in [0.4, 0.5) is 4.39 Å². The molecule has 16 heavy (non-hydrogen) atoms. The summed E-state index contributed by atoms with van der Waals surface area (Å²) in [5.41, 5.74) is 12.2. The molecule has 1 aliphatic rings. The Labute approximate surface area is 92.9 Å². The van der Waals surface area contributed by atoms with Gasteiger partial charge in [-0.05, 0) is 17.7 Å². The fourth-order valence-corrected chi connectivity index (χ4v) is 1.54. The third kappa shape index (κ3) is 2.04. The SMILES string of the molecule is NC1=CNC=NC1(N)Cc1ccc(F)cc1. The Hall–Kier alpha value is -1.88. The van der Waals surface area contributed by atoms with Crippen molar-refractivity contribution in [1.82, 2.24) is 5.32 Å². The lowest BCUT2D eigenvalue weighted by Gasteiger charge is -2.28. The second-order valence-corrected chi connectivity index (χ2v) is 3.75. The Morgan fingerprint density at radius 3 is 2.62 bits per heavy atom. The average Bonchev–Trinajstić information content (AvgIpc) is 2.26. The van der Waals surface area contributed by atoms with Gasteiger partial charge in [-0.25, -0.2) is 9.38 Å². The molecule has 0 fully saturated rings. The number of halogens is 1. The molecule has 0 spiro atoms. The highest BCUT2D eigenvalue weighted by Gasteiger charge is 2.28. The molecule has 2 rings (SSSR count). The standard InChI is InChI=1S/C11H13FN4/c12-9-3-1-8(2-4-9)5-11(14)10(13)6-15-7-16-11/h1-4,6-7H,5,13-14H2,(H,15,16). The molecule has 1 heterocycles. The van der Waals surface area contributed by atoms with Crippen LogP contribution < -0.4 is 16.8 Å². The van der Waals surface area contributed by atoms with Crippen LogP contribution in [-0.4, -0.2) is 12.0 Å². The minimum absolute atomic E-state index is 0.271. The molecule has 0 saturated heterocycles. The number of benzene rings is 1. The lowest BCUT2D eigenvalue weighted by Crippen LogP contribution is -2.48. The van der Waals surface area contributed by atoms with Crippen LogP contribution >= 0.6 is 0 Å². The molecule has 0 radical (unpaired) electrons. The number of nitrogens with two attached hydrogens (primary N) is 2. The largest absolute Gasteiger partial charge is 0.398 e. The van der Waals surface area contributed by atoms with E-state index in [1.54, 1.807) is 18.3 Å². The summed E-state index contributed by atoms with van der Waals surface area (Å²) in [5, 5.41) is 2.77. The Bertz CT molecular complexity index is 438. The van der Waals surface area contributed by atoms with Gasteiger partial charge in [0.1, 0.15) is 5.82 Å². The van der Waals surface area contributed by atoms with E-state index in [-0.39, 0.29) is 5.82 Å². The normalized spacial score (nSPS) is 23.8. The monoisotopic (exact) mass is 220 g/mol. The van der Waals surface area contributed by atoms with Crippen molar-refractivity contribution >= 4 is 6.34 Å². The molecule has 0 aromatic heterocycles. The summed E-state index contributed by atoms with van der Waals surface area (Å²) < 4.78 is 12.7. The topological polar surface area (TPSA) is 76.4 Å². The van der Waals surface area contributed by atoms with Gasteiger partial charge < -0.3 is 16.8 Å². The molecule has 1 aromatic carbocycles. The summed E-state index contributed by atoms with van der Waals surface area (Å²) in [6.07, 6.45) is 3.55. The molecule has 1 unspecified atom stereocenters. The van der Waals surface area contributed by atoms with E-state index >= 15 is 0 Å². The third-order valence-electron chi connectivity index (χ3n) is 2.50. The van der Waals surface area contributed by atoms with Crippen molar-refractivity contribution in [2.75, 3.05) is 0 Å². The second kappa shape index (κ2) is 3.94. The summed E-state index contributed by atoms with van der Waals surface area (Å²) in [6.45, 7) is 0. The van der Waals surface area contributed by atoms with Crippen molar-refractivity contribution in [3.63, 3.8) is 0 Å². The fraction of sp³-hybridized carbons (Fsp3) is 0.182. The van der Waals surface area contributed by atoms with Gasteiger partial charge in [-0.1, -0.05) is 12.1 Å². The van der Waals surface area contributed by atoms with Crippen molar-refractivity contribution in [3.8, 4) is 0 Å². The smallest absolute Gasteiger partial charge is 0.155 e. The minimum atomic E-state index is -0.941. The molecule has 0 bridgehead atoms. The second-order valence-electron chi connectivity index (χ2n) is 3.75. The van der Waals surface area contributed by atoms with Gasteiger partial charge >= 0.3 is 0 Å². The van der Waals surface area contributed by atoms with Gasteiger partial charge in [-0.3, -0.25) is 0 Å². The number of rotatable bonds is 2. The first-order chi connectivity index (χ1) is 7.60. The first-order valence-electron chi connectivity index (χ1n) is 4.89. The molecule has 1 aliphatic heterocycles. The Balaban J connectivity index is 2.20. The van der Waals surface area contributed by atoms with Gasteiger partial charge in [-0.15, -0.1) is 0 Å². The van der Waals surface area contributed by atoms with E-state index in [1.165, 1.54) is 18.5 Å². The van der Waals surface area contributed by atoms with Gasteiger partial charge in [0.25, 0.3) is 0 Å². The predicted molar refractivity (Wildman–Crippen MR) is 60.9 cm³/mol. The van der Waals surface area contributed by atoms with Crippen LogP contribution in [0.15, 0.2) is 41.2 Å². The van der Waals surface area contributed by atoms with Crippen molar-refractivity contribution in [1.29, 1.82) is 0 Å². The maximum Gasteiger partial charge on any atom is 0.155 e. The summed E-state index contributed by atoms with van der Waals surface area (Å²) in [5.74, 6) is -0.271. The molecule has 1 aromatic rings. The van der Waals surface area contributed by atoms with E-state index in [4.69, 9.17) is 11.5 Å². The number of hydrogen-bond acceptors (Lipinski definition) is 4. The molecule has 0 saturated carbocycles. The maximum absolute atomic E-state index is 12.7. The zero-order valence-corrected chi connectivity index (χ0v) is 8.65. The molecule has 0 amide bonds. The lowest BCUT2D eigenvalue weighted by atomic mass is 9.97. The van der Waals surface area contributed by atoms with Gasteiger partial charge in [0.15, 0.2) is 5.66 Å². The molecule has 4 nitrogen and oxygen atoms in total. The van der Waals surface area contributed by atoms with Gasteiger partial charge in [0.05, 0.1) is 12.0 Å². The van der Waals surface area contributed by atoms with E-state index < -0.39 is 5.66 Å². The summed E-state index contributed by atoms with van der Waals surface area (Å²) in [4.78, 5) is 4.11. The summed E-state index contributed by atoms with van der Waals surface area (Å²) in [6, 6.07) is 6.14. The van der Waals surface area contributed by atoms with E-state index in [1.807, 2.05) is 0 Å². The lowest BCUT2D eigenvalue weighted by molar-refractivity contribution is 0.505. The maximum atomic E-state index is 12.7. The number of nitrogens with zero attached hydrogens (tertiary/aromatic N) is 1. The van der Waals surface area contributed by atoms with Crippen LogP contribution in [0.1, 0.15) is 5.56 Å². The molecule has 1 atom stereocenters. The Morgan fingerprint density at radius 1 is 1.31 bits per heavy atom. The van der Waals surface area contributed by atoms with Crippen LogP contribution in [0, 0.1) is 5.82 Å². The highest BCUT2D eigenvalue weighted by molar-refractivity contribution is 5.60. The highest BCUT2D eigenvalue weighted by Crippen LogP contribution is 2.19. The summed E-state index contributed by atoms with van der Waals surface area (Å²) >= 11 is 0. The van der Waals surface area contributed by atoms with Crippen molar-refractivity contribution < 1.29 is 4.39 Å². The van der Waals surface area contributed by atoms with E-state index in [2.05, 4.69) is 10.3 Å². The van der Waals surface area contributed by atoms with Gasteiger partial charge in [0, 0.05) is 12.6 Å². The fourth-order valence-electron chi connectivity index (χ4n) is 1.54. The first kappa shape index (κ1) is 10.6. The first-order valence-corrected chi connectivity index (χ1v) is 4.89. The molecule has 0 aliphatic carbocycles. The van der Waals surface area contributed by atoms with Crippen LogP contribution in [0.2, 0.25) is 0 Å². The molecule has 5 heteroatoms. The third-order valence-corrected chi connectivity index (χ3v) is 2.50.